The van der Waals surface area contributed by atoms with Crippen molar-refractivity contribution in [3.8, 4) is 0 Å². The molecule has 1 N–H and O–H groups in total. The molecule has 1 aromatic rings. The molecule has 0 aliphatic rings. The van der Waals surface area contributed by atoms with E-state index in [-0.39, 0.29) is 6.61 Å². The lowest BCUT2D eigenvalue weighted by molar-refractivity contribution is -0.144. The molecule has 112 valence electrons. The Labute approximate surface area is 109 Å². The lowest BCUT2D eigenvalue weighted by atomic mass is 10.0. The molecule has 20 heavy (non-hydrogen) atoms. The molecule has 0 bridgehead atoms. The Hall–Kier alpha value is -1.93. The first-order valence-electron chi connectivity index (χ1n) is 5.43. The quantitative estimate of drug-likeness (QED) is 0.686. The Bertz CT molecular complexity index is 550. The highest BCUT2D eigenvalue weighted by Gasteiger charge is 2.37. The molecule has 0 radical (unpaired) electrons. The van der Waals surface area contributed by atoms with Crippen LogP contribution in [0, 0.1) is 0 Å². The van der Waals surface area contributed by atoms with E-state index in [0.29, 0.717) is 6.07 Å². The highest BCUT2D eigenvalue weighted by molar-refractivity contribution is 5.73. The minimum absolute atomic E-state index is 0.104. The minimum atomic E-state index is -5.06. The summed E-state index contributed by atoms with van der Waals surface area (Å²) in [5.74, 6) is -1.09. The van der Waals surface area contributed by atoms with Gasteiger partial charge in [-0.15, -0.1) is 0 Å². The van der Waals surface area contributed by atoms with Gasteiger partial charge in [0.15, 0.2) is 0 Å². The van der Waals surface area contributed by atoms with Crippen LogP contribution in [0.4, 0.5) is 22.0 Å². The number of carbonyl (C=O) groups excluding carboxylic acids is 1. The average Bonchev–Trinajstić information content (AvgIpc) is 2.29. The van der Waals surface area contributed by atoms with Crippen LogP contribution in [0.15, 0.2) is 10.9 Å². The fourth-order valence-corrected chi connectivity index (χ4v) is 1.59. The van der Waals surface area contributed by atoms with Gasteiger partial charge in [0.05, 0.1) is 13.0 Å². The van der Waals surface area contributed by atoms with Gasteiger partial charge in [0.1, 0.15) is 5.69 Å². The molecule has 0 aromatic carbocycles. The second kappa shape index (κ2) is 6.02. The predicted molar refractivity (Wildman–Crippen MR) is 57.4 cm³/mol. The first-order valence-corrected chi connectivity index (χ1v) is 5.43. The van der Waals surface area contributed by atoms with Crippen molar-refractivity contribution < 1.29 is 31.5 Å². The van der Waals surface area contributed by atoms with Crippen LogP contribution in [0.25, 0.3) is 0 Å². The van der Waals surface area contributed by atoms with Crippen molar-refractivity contribution in [1.29, 1.82) is 0 Å². The van der Waals surface area contributed by atoms with Crippen molar-refractivity contribution >= 4 is 5.97 Å². The number of aromatic amines is 1. The van der Waals surface area contributed by atoms with Crippen molar-refractivity contribution in [3.05, 3.63) is 33.2 Å². The number of pyridine rings is 1. The van der Waals surface area contributed by atoms with E-state index in [1.54, 1.807) is 0 Å². The third-order valence-electron chi connectivity index (χ3n) is 2.33. The minimum Gasteiger partial charge on any atom is -0.466 e. The molecular weight excluding hydrogens is 289 g/mol. The topological polar surface area (TPSA) is 59.2 Å². The first kappa shape index (κ1) is 16.1. The van der Waals surface area contributed by atoms with E-state index in [2.05, 4.69) is 4.74 Å². The van der Waals surface area contributed by atoms with Crippen molar-refractivity contribution in [3.63, 3.8) is 0 Å². The number of H-pyrrole nitrogens is 1. The Kier molecular flexibility index (Phi) is 4.85. The summed E-state index contributed by atoms with van der Waals surface area (Å²) in [5, 5.41) is 0. The van der Waals surface area contributed by atoms with Gasteiger partial charge in [-0.25, -0.2) is 8.78 Å². The number of ether oxygens (including phenoxy) is 1. The molecule has 0 aliphatic heterocycles. The number of aromatic nitrogens is 1. The summed E-state index contributed by atoms with van der Waals surface area (Å²) in [7, 11) is 0. The van der Waals surface area contributed by atoms with E-state index in [9.17, 15) is 31.5 Å². The molecule has 4 nitrogen and oxygen atoms in total. The summed E-state index contributed by atoms with van der Waals surface area (Å²) in [6, 6.07) is 0.342. The first-order chi connectivity index (χ1) is 9.16. The number of esters is 1. The van der Waals surface area contributed by atoms with Crippen LogP contribution in [0.1, 0.15) is 30.2 Å². The number of alkyl halides is 5. The SMILES string of the molecule is CCOC(=O)Cc1c(C(F)F)cc(=O)[nH]c1C(F)(F)F. The summed E-state index contributed by atoms with van der Waals surface area (Å²) in [4.78, 5) is 23.7. The normalized spacial score (nSPS) is 11.8. The van der Waals surface area contributed by atoms with E-state index in [4.69, 9.17) is 0 Å². The Morgan fingerprint density at radius 1 is 1.40 bits per heavy atom. The zero-order valence-electron chi connectivity index (χ0n) is 10.2. The van der Waals surface area contributed by atoms with E-state index in [1.807, 2.05) is 0 Å². The Morgan fingerprint density at radius 3 is 2.45 bits per heavy atom. The van der Waals surface area contributed by atoms with Crippen LogP contribution < -0.4 is 5.56 Å². The molecule has 0 aliphatic carbocycles. The number of carbonyl (C=O) groups is 1. The average molecular weight is 299 g/mol. The highest BCUT2D eigenvalue weighted by Crippen LogP contribution is 2.34. The van der Waals surface area contributed by atoms with E-state index < -0.39 is 47.4 Å². The van der Waals surface area contributed by atoms with Gasteiger partial charge in [-0.3, -0.25) is 9.59 Å². The second-order valence-electron chi connectivity index (χ2n) is 3.72. The molecule has 1 rings (SSSR count). The zero-order chi connectivity index (χ0) is 15.5. The van der Waals surface area contributed by atoms with Crippen molar-refractivity contribution in [1.82, 2.24) is 4.98 Å². The number of hydrogen-bond acceptors (Lipinski definition) is 3. The van der Waals surface area contributed by atoms with Gasteiger partial charge in [0.2, 0.25) is 5.56 Å². The molecule has 1 heterocycles. The third-order valence-corrected chi connectivity index (χ3v) is 2.33. The lowest BCUT2D eigenvalue weighted by Crippen LogP contribution is -2.23. The van der Waals surface area contributed by atoms with Crippen LogP contribution in [-0.4, -0.2) is 17.6 Å². The Balaban J connectivity index is 3.42. The van der Waals surface area contributed by atoms with Crippen molar-refractivity contribution in [2.45, 2.75) is 25.9 Å². The van der Waals surface area contributed by atoms with Gasteiger partial charge in [0.25, 0.3) is 6.43 Å². The second-order valence-corrected chi connectivity index (χ2v) is 3.72. The summed E-state index contributed by atoms with van der Waals surface area (Å²) in [6.45, 7) is 1.32. The lowest BCUT2D eigenvalue weighted by Gasteiger charge is -2.15. The molecule has 0 unspecified atom stereocenters. The van der Waals surface area contributed by atoms with Crippen LogP contribution in [0.3, 0.4) is 0 Å². The van der Waals surface area contributed by atoms with Crippen LogP contribution in [0.5, 0.6) is 0 Å². The van der Waals surface area contributed by atoms with Gasteiger partial charge < -0.3 is 9.72 Å². The monoisotopic (exact) mass is 299 g/mol. The van der Waals surface area contributed by atoms with Gasteiger partial charge in [-0.2, -0.15) is 13.2 Å². The smallest absolute Gasteiger partial charge is 0.431 e. The summed E-state index contributed by atoms with van der Waals surface area (Å²) in [5.41, 5.74) is -5.09. The van der Waals surface area contributed by atoms with Gasteiger partial charge in [0, 0.05) is 17.2 Å². The predicted octanol–water partition coefficient (Wildman–Crippen LogP) is 2.44. The fraction of sp³-hybridized carbons (Fsp3) is 0.455. The third kappa shape index (κ3) is 3.78. The summed E-state index contributed by atoms with van der Waals surface area (Å²) < 4.78 is 68.1. The molecule has 0 atom stereocenters. The largest absolute Gasteiger partial charge is 0.466 e. The van der Waals surface area contributed by atoms with Gasteiger partial charge in [-0.1, -0.05) is 0 Å². The van der Waals surface area contributed by atoms with Crippen molar-refractivity contribution in [2.24, 2.45) is 0 Å². The highest BCUT2D eigenvalue weighted by atomic mass is 19.4. The van der Waals surface area contributed by atoms with Crippen LogP contribution >= 0.6 is 0 Å². The molecule has 0 spiro atoms. The number of rotatable bonds is 4. The molecule has 0 fully saturated rings. The molecule has 0 saturated heterocycles. The van der Waals surface area contributed by atoms with E-state index >= 15 is 0 Å². The molecule has 1 aromatic heterocycles. The summed E-state index contributed by atoms with van der Waals surface area (Å²) >= 11 is 0. The van der Waals surface area contributed by atoms with Gasteiger partial charge >= 0.3 is 12.1 Å². The van der Waals surface area contributed by atoms with Crippen LogP contribution in [-0.2, 0) is 22.1 Å². The standard InChI is InChI=1S/C11H10F5NO3/c1-2-20-8(19)4-5-6(10(12)13)3-7(18)17-9(5)11(14,15)16/h3,10H,2,4H2,1H3,(H,17,18). The maximum Gasteiger partial charge on any atom is 0.431 e. The molecular formula is C11H10F5NO3. The molecule has 9 heteroatoms. The van der Waals surface area contributed by atoms with E-state index in [0.717, 1.165) is 0 Å². The molecule has 0 saturated carbocycles. The van der Waals surface area contributed by atoms with Gasteiger partial charge in [-0.05, 0) is 6.92 Å². The number of nitrogens with one attached hydrogen (secondary N) is 1. The van der Waals surface area contributed by atoms with E-state index in [1.165, 1.54) is 11.9 Å². The summed E-state index contributed by atoms with van der Waals surface area (Å²) in [6.07, 6.45) is -9.38. The fourth-order valence-electron chi connectivity index (χ4n) is 1.59. The van der Waals surface area contributed by atoms with Crippen LogP contribution in [0.2, 0.25) is 0 Å². The maximum absolute atomic E-state index is 12.7. The zero-order valence-corrected chi connectivity index (χ0v) is 10.2. The molecule has 0 amide bonds. The maximum atomic E-state index is 12.7. The number of halogens is 5. The Morgan fingerprint density at radius 2 is 2.00 bits per heavy atom. The number of hydrogen-bond donors (Lipinski definition) is 1. The van der Waals surface area contributed by atoms with Crippen molar-refractivity contribution in [2.75, 3.05) is 6.61 Å².